The van der Waals surface area contributed by atoms with Crippen LogP contribution in [0, 0.1) is 20.8 Å². The number of carbonyl (C=O) groups is 1. The number of anilines is 1. The predicted octanol–water partition coefficient (Wildman–Crippen LogP) is 5.05. The van der Waals surface area contributed by atoms with Crippen molar-refractivity contribution in [3.05, 3.63) is 92.9 Å². The molecular formula is C26H22ClN5O3. The zero-order valence-corrected chi connectivity index (χ0v) is 20.1. The van der Waals surface area contributed by atoms with Gasteiger partial charge in [-0.1, -0.05) is 35.9 Å². The van der Waals surface area contributed by atoms with Gasteiger partial charge in [0.25, 0.3) is 5.88 Å². The summed E-state index contributed by atoms with van der Waals surface area (Å²) in [5.74, 6) is 0.322. The van der Waals surface area contributed by atoms with Crippen molar-refractivity contribution in [1.82, 2.24) is 19.2 Å². The highest BCUT2D eigenvalue weighted by molar-refractivity contribution is 6.33. The third-order valence-corrected chi connectivity index (χ3v) is 5.79. The van der Waals surface area contributed by atoms with Crippen LogP contribution in [0.25, 0.3) is 16.7 Å². The highest BCUT2D eigenvalue weighted by Crippen LogP contribution is 2.27. The van der Waals surface area contributed by atoms with Crippen LogP contribution in [0.15, 0.2) is 65.5 Å². The van der Waals surface area contributed by atoms with Gasteiger partial charge in [-0.15, -0.1) is 5.10 Å². The van der Waals surface area contributed by atoms with Gasteiger partial charge in [0.15, 0.2) is 0 Å². The summed E-state index contributed by atoms with van der Waals surface area (Å²) in [7, 11) is 0. The van der Waals surface area contributed by atoms with Gasteiger partial charge in [0.05, 0.1) is 21.7 Å². The fraction of sp³-hybridized carbons (Fsp3) is 0.154. The molecular weight excluding hydrogens is 466 g/mol. The molecule has 0 spiro atoms. The average Bonchev–Trinajstić information content (AvgIpc) is 3.11. The van der Waals surface area contributed by atoms with E-state index in [-0.39, 0.29) is 18.1 Å². The third kappa shape index (κ3) is 4.48. The Bertz CT molecular complexity index is 1650. The minimum atomic E-state index is -0.478. The summed E-state index contributed by atoms with van der Waals surface area (Å²) >= 11 is 6.23. The fourth-order valence-electron chi connectivity index (χ4n) is 3.99. The second kappa shape index (κ2) is 8.88. The largest absolute Gasteiger partial charge is 0.436 e. The van der Waals surface area contributed by atoms with Crippen molar-refractivity contribution in [2.45, 2.75) is 27.3 Å². The van der Waals surface area contributed by atoms with Gasteiger partial charge in [0, 0.05) is 0 Å². The molecule has 8 nitrogen and oxygen atoms in total. The van der Waals surface area contributed by atoms with E-state index in [2.05, 4.69) is 15.4 Å². The highest BCUT2D eigenvalue weighted by atomic mass is 35.5. The van der Waals surface area contributed by atoms with E-state index in [9.17, 15) is 9.59 Å². The van der Waals surface area contributed by atoms with Gasteiger partial charge in [0.1, 0.15) is 12.3 Å². The van der Waals surface area contributed by atoms with E-state index in [1.807, 2.05) is 57.2 Å². The lowest BCUT2D eigenvalue weighted by Crippen LogP contribution is -2.28. The Balaban J connectivity index is 1.56. The molecule has 0 aliphatic heterocycles. The second-order valence-corrected chi connectivity index (χ2v) is 8.87. The standard InChI is InChI=1S/C26H22ClN5O3/c1-15-8-9-20(19(27)13-15)28-23(33)14-31-26(34)32-22-7-5-4-6-21(22)29-25(24(32)30-31)35-18-11-16(2)10-17(3)12-18/h4-13H,14H2,1-3H3,(H,28,33). The van der Waals surface area contributed by atoms with Crippen LogP contribution in [0.1, 0.15) is 16.7 Å². The van der Waals surface area contributed by atoms with E-state index in [1.165, 1.54) is 4.40 Å². The van der Waals surface area contributed by atoms with Gasteiger partial charge < -0.3 is 10.1 Å². The molecule has 0 fully saturated rings. The molecule has 0 aliphatic rings. The number of nitrogens with zero attached hydrogens (tertiary/aromatic N) is 4. The molecule has 1 N–H and O–H groups in total. The topological polar surface area (TPSA) is 90.5 Å². The Morgan fingerprint density at radius 1 is 1.00 bits per heavy atom. The Kier molecular flexibility index (Phi) is 5.74. The van der Waals surface area contributed by atoms with E-state index in [0.29, 0.717) is 27.5 Å². The number of para-hydroxylation sites is 2. The first kappa shape index (κ1) is 22.6. The molecule has 0 aliphatic carbocycles. The number of fused-ring (bicyclic) bond motifs is 3. The minimum absolute atomic E-state index is 0.173. The van der Waals surface area contributed by atoms with Crippen molar-refractivity contribution in [2.24, 2.45) is 0 Å². The van der Waals surface area contributed by atoms with E-state index in [4.69, 9.17) is 16.3 Å². The number of hydrogen-bond donors (Lipinski definition) is 1. The SMILES string of the molecule is Cc1cc(C)cc(Oc2nc3ccccc3n3c(=O)n(CC(=O)Nc4ccc(C)cc4Cl)nc23)c1. The van der Waals surface area contributed by atoms with Crippen LogP contribution in [0.5, 0.6) is 11.6 Å². The molecule has 0 atom stereocenters. The minimum Gasteiger partial charge on any atom is -0.436 e. The van der Waals surface area contributed by atoms with Crippen LogP contribution in [0.2, 0.25) is 5.02 Å². The van der Waals surface area contributed by atoms with Crippen molar-refractivity contribution in [3.63, 3.8) is 0 Å². The van der Waals surface area contributed by atoms with E-state index >= 15 is 0 Å². The van der Waals surface area contributed by atoms with Gasteiger partial charge in [-0.2, -0.15) is 0 Å². The van der Waals surface area contributed by atoms with Crippen molar-refractivity contribution in [1.29, 1.82) is 0 Å². The number of amides is 1. The van der Waals surface area contributed by atoms with Gasteiger partial charge in [0.2, 0.25) is 11.6 Å². The van der Waals surface area contributed by atoms with Gasteiger partial charge in [-0.05, 0) is 73.9 Å². The number of carbonyl (C=O) groups excluding carboxylic acids is 1. The maximum Gasteiger partial charge on any atom is 0.351 e. The Labute approximate surface area is 205 Å². The van der Waals surface area contributed by atoms with Crippen LogP contribution in [0.4, 0.5) is 5.69 Å². The first-order chi connectivity index (χ1) is 16.8. The molecule has 9 heteroatoms. The third-order valence-electron chi connectivity index (χ3n) is 5.48. The Morgan fingerprint density at radius 2 is 1.74 bits per heavy atom. The van der Waals surface area contributed by atoms with Crippen LogP contribution < -0.4 is 15.7 Å². The number of rotatable bonds is 5. The number of nitrogens with one attached hydrogen (secondary N) is 1. The Morgan fingerprint density at radius 3 is 2.49 bits per heavy atom. The number of aromatic nitrogens is 4. The molecule has 5 rings (SSSR count). The monoisotopic (exact) mass is 487 g/mol. The second-order valence-electron chi connectivity index (χ2n) is 8.46. The molecule has 0 unspecified atom stereocenters. The maximum atomic E-state index is 13.3. The van der Waals surface area contributed by atoms with Crippen molar-refractivity contribution in [3.8, 4) is 11.6 Å². The molecule has 176 valence electrons. The van der Waals surface area contributed by atoms with E-state index in [1.54, 1.807) is 24.3 Å². The first-order valence-electron chi connectivity index (χ1n) is 11.0. The molecule has 0 saturated carbocycles. The van der Waals surface area contributed by atoms with Crippen LogP contribution in [0.3, 0.4) is 0 Å². The average molecular weight is 488 g/mol. The fourth-order valence-corrected chi connectivity index (χ4v) is 4.28. The quantitative estimate of drug-likeness (QED) is 0.374. The first-order valence-corrected chi connectivity index (χ1v) is 11.4. The summed E-state index contributed by atoms with van der Waals surface area (Å²) in [6, 6.07) is 18.3. The molecule has 1 amide bonds. The number of benzene rings is 3. The summed E-state index contributed by atoms with van der Waals surface area (Å²) in [5.41, 5.74) is 4.37. The van der Waals surface area contributed by atoms with Crippen LogP contribution in [-0.4, -0.2) is 25.1 Å². The molecule has 2 aromatic heterocycles. The zero-order valence-electron chi connectivity index (χ0n) is 19.4. The highest BCUT2D eigenvalue weighted by Gasteiger charge is 2.19. The summed E-state index contributed by atoms with van der Waals surface area (Å²) in [5, 5.41) is 7.56. The summed E-state index contributed by atoms with van der Waals surface area (Å²) in [6.45, 7) is 5.55. The zero-order chi connectivity index (χ0) is 24.7. The lowest BCUT2D eigenvalue weighted by molar-refractivity contribution is -0.117. The van der Waals surface area contributed by atoms with E-state index in [0.717, 1.165) is 21.4 Å². The van der Waals surface area contributed by atoms with Crippen molar-refractivity contribution < 1.29 is 9.53 Å². The molecule has 35 heavy (non-hydrogen) atoms. The van der Waals surface area contributed by atoms with E-state index < -0.39 is 11.6 Å². The normalized spacial score (nSPS) is 11.2. The smallest absolute Gasteiger partial charge is 0.351 e. The lowest BCUT2D eigenvalue weighted by atomic mass is 10.1. The molecule has 2 heterocycles. The predicted molar refractivity (Wildman–Crippen MR) is 136 cm³/mol. The number of hydrogen-bond acceptors (Lipinski definition) is 5. The Hall–Kier alpha value is -4.17. The summed E-state index contributed by atoms with van der Waals surface area (Å²) in [4.78, 5) is 30.7. The van der Waals surface area contributed by atoms with Gasteiger partial charge in [-0.25, -0.2) is 18.9 Å². The number of halogens is 1. The van der Waals surface area contributed by atoms with Crippen LogP contribution >= 0.6 is 11.6 Å². The number of aryl methyl sites for hydroxylation is 3. The molecule has 0 radical (unpaired) electrons. The lowest BCUT2D eigenvalue weighted by Gasteiger charge is -2.09. The van der Waals surface area contributed by atoms with Crippen molar-refractivity contribution >= 4 is 39.9 Å². The van der Waals surface area contributed by atoms with Gasteiger partial charge >= 0.3 is 5.69 Å². The molecule has 0 bridgehead atoms. The molecule has 5 aromatic rings. The summed E-state index contributed by atoms with van der Waals surface area (Å²) in [6.07, 6.45) is 0. The number of ether oxygens (including phenoxy) is 1. The maximum absolute atomic E-state index is 13.3. The molecule has 0 saturated heterocycles. The van der Waals surface area contributed by atoms with Crippen LogP contribution in [-0.2, 0) is 11.3 Å². The van der Waals surface area contributed by atoms with Crippen molar-refractivity contribution in [2.75, 3.05) is 5.32 Å². The summed E-state index contributed by atoms with van der Waals surface area (Å²) < 4.78 is 8.59. The molecule has 3 aromatic carbocycles. The van der Waals surface area contributed by atoms with Gasteiger partial charge in [-0.3, -0.25) is 4.79 Å².